The number of carboxylic acid groups (broad SMARTS) is 1. The summed E-state index contributed by atoms with van der Waals surface area (Å²) in [6.45, 7) is 0.399. The number of hydrogen-bond donors (Lipinski definition) is 1. The summed E-state index contributed by atoms with van der Waals surface area (Å²) in [7, 11) is 0. The number of benzene rings is 5. The van der Waals surface area contributed by atoms with E-state index >= 15 is 0 Å². The maximum atomic E-state index is 13.5. The van der Waals surface area contributed by atoms with Crippen molar-refractivity contribution in [2.24, 2.45) is 0 Å². The molecule has 2 amide bonds. The molecular formula is C33H23NO5S. The van der Waals surface area contributed by atoms with Gasteiger partial charge in [0.15, 0.2) is 0 Å². The third-order valence-electron chi connectivity index (χ3n) is 6.88. The molecule has 7 heteroatoms. The van der Waals surface area contributed by atoms with Crippen LogP contribution in [0, 0.1) is 0 Å². The van der Waals surface area contributed by atoms with E-state index < -0.39 is 5.97 Å². The number of ether oxygens (including phenoxy) is 1. The van der Waals surface area contributed by atoms with E-state index in [4.69, 9.17) is 9.84 Å². The normalized spacial score (nSPS) is 14.4. The highest BCUT2D eigenvalue weighted by atomic mass is 32.2. The fraction of sp³-hybridized carbons (Fsp3) is 0.0606. The first kappa shape index (κ1) is 25.4. The van der Waals surface area contributed by atoms with Crippen molar-refractivity contribution in [3.63, 3.8) is 0 Å². The molecule has 0 saturated carbocycles. The van der Waals surface area contributed by atoms with E-state index in [1.54, 1.807) is 18.2 Å². The minimum absolute atomic E-state index is 0.189. The lowest BCUT2D eigenvalue weighted by Crippen LogP contribution is -2.27. The van der Waals surface area contributed by atoms with Crippen LogP contribution in [0.15, 0.2) is 108 Å². The molecule has 1 heterocycles. The van der Waals surface area contributed by atoms with Gasteiger partial charge in [-0.2, -0.15) is 0 Å². The van der Waals surface area contributed by atoms with Gasteiger partial charge in [-0.05, 0) is 68.7 Å². The Labute approximate surface area is 234 Å². The van der Waals surface area contributed by atoms with Crippen LogP contribution in [-0.4, -0.2) is 27.1 Å². The predicted molar refractivity (Wildman–Crippen MR) is 157 cm³/mol. The summed E-state index contributed by atoms with van der Waals surface area (Å²) in [5.74, 6) is -0.772. The van der Waals surface area contributed by atoms with Gasteiger partial charge in [-0.1, -0.05) is 84.9 Å². The second-order valence-electron chi connectivity index (χ2n) is 9.40. The highest BCUT2D eigenvalue weighted by Gasteiger charge is 2.35. The Balaban J connectivity index is 1.31. The minimum atomic E-state index is -0.987. The SMILES string of the molecule is O=C(O)c1ccc(COc2ccc3ccccc3c2/C=C2/SC(=O)N(Cc3cccc4ccccc34)C2=O)cc1. The quantitative estimate of drug-likeness (QED) is 0.213. The number of nitrogens with zero attached hydrogens (tertiary/aromatic N) is 1. The van der Waals surface area contributed by atoms with Crippen molar-refractivity contribution in [2.45, 2.75) is 13.2 Å². The van der Waals surface area contributed by atoms with Crippen LogP contribution >= 0.6 is 11.8 Å². The van der Waals surface area contributed by atoms with Gasteiger partial charge in [0, 0.05) is 5.56 Å². The lowest BCUT2D eigenvalue weighted by molar-refractivity contribution is -0.123. The fourth-order valence-electron chi connectivity index (χ4n) is 4.82. The molecule has 1 aliphatic rings. The van der Waals surface area contributed by atoms with E-state index in [0.29, 0.717) is 16.2 Å². The Bertz CT molecular complexity index is 1820. The van der Waals surface area contributed by atoms with Crippen LogP contribution in [0.4, 0.5) is 4.79 Å². The van der Waals surface area contributed by atoms with Gasteiger partial charge in [0.2, 0.25) is 0 Å². The van der Waals surface area contributed by atoms with Crippen LogP contribution in [-0.2, 0) is 17.9 Å². The van der Waals surface area contributed by atoms with Gasteiger partial charge in [0.1, 0.15) is 12.4 Å². The van der Waals surface area contributed by atoms with Crippen molar-refractivity contribution >= 4 is 56.5 Å². The van der Waals surface area contributed by atoms with Crippen LogP contribution in [0.25, 0.3) is 27.6 Å². The Morgan fingerprint density at radius 1 is 0.800 bits per heavy atom. The van der Waals surface area contributed by atoms with E-state index in [0.717, 1.165) is 44.4 Å². The molecule has 1 fully saturated rings. The summed E-state index contributed by atoms with van der Waals surface area (Å²) in [6, 6.07) is 31.9. The van der Waals surface area contributed by atoms with Gasteiger partial charge < -0.3 is 9.84 Å². The first-order valence-corrected chi connectivity index (χ1v) is 13.5. The third kappa shape index (κ3) is 4.95. The van der Waals surface area contributed by atoms with Crippen LogP contribution < -0.4 is 4.74 Å². The monoisotopic (exact) mass is 545 g/mol. The average molecular weight is 546 g/mol. The molecule has 0 bridgehead atoms. The second kappa shape index (κ2) is 10.7. The van der Waals surface area contributed by atoms with Crippen LogP contribution in [0.2, 0.25) is 0 Å². The minimum Gasteiger partial charge on any atom is -0.488 e. The number of fused-ring (bicyclic) bond motifs is 2. The number of carbonyl (C=O) groups is 3. The number of hydrogen-bond acceptors (Lipinski definition) is 5. The molecule has 0 atom stereocenters. The van der Waals surface area contributed by atoms with Crippen molar-refractivity contribution in [1.29, 1.82) is 0 Å². The molecule has 5 aromatic carbocycles. The van der Waals surface area contributed by atoms with Gasteiger partial charge >= 0.3 is 5.97 Å². The molecule has 40 heavy (non-hydrogen) atoms. The summed E-state index contributed by atoms with van der Waals surface area (Å²) in [5, 5.41) is 12.8. The van der Waals surface area contributed by atoms with Crippen LogP contribution in [0.1, 0.15) is 27.0 Å². The zero-order valence-electron chi connectivity index (χ0n) is 21.2. The molecule has 196 valence electrons. The largest absolute Gasteiger partial charge is 0.488 e. The Morgan fingerprint density at radius 3 is 2.23 bits per heavy atom. The molecule has 1 N–H and O–H groups in total. The van der Waals surface area contributed by atoms with Crippen molar-refractivity contribution in [3.05, 3.63) is 130 Å². The second-order valence-corrected chi connectivity index (χ2v) is 10.4. The van der Waals surface area contributed by atoms with Crippen molar-refractivity contribution in [2.75, 3.05) is 0 Å². The summed E-state index contributed by atoms with van der Waals surface area (Å²) in [6.07, 6.45) is 1.74. The smallest absolute Gasteiger partial charge is 0.335 e. The summed E-state index contributed by atoms with van der Waals surface area (Å²) >= 11 is 0.925. The number of imide groups is 1. The molecule has 0 aromatic heterocycles. The average Bonchev–Trinajstić information content (AvgIpc) is 3.24. The number of carbonyl (C=O) groups excluding carboxylic acids is 2. The van der Waals surface area contributed by atoms with E-state index in [2.05, 4.69) is 0 Å². The number of thioether (sulfide) groups is 1. The molecule has 1 saturated heterocycles. The number of amides is 2. The Morgan fingerprint density at radius 2 is 1.48 bits per heavy atom. The predicted octanol–water partition coefficient (Wildman–Crippen LogP) is 7.51. The van der Waals surface area contributed by atoms with Gasteiger partial charge in [0.05, 0.1) is 17.0 Å². The highest BCUT2D eigenvalue weighted by molar-refractivity contribution is 8.18. The van der Waals surface area contributed by atoms with E-state index in [9.17, 15) is 14.4 Å². The van der Waals surface area contributed by atoms with Crippen LogP contribution in [0.3, 0.4) is 0 Å². The molecular weight excluding hydrogens is 522 g/mol. The van der Waals surface area contributed by atoms with E-state index in [1.807, 2.05) is 78.9 Å². The standard InChI is InChI=1S/C33H23NO5S/c35-31-30(40-33(38)34(31)19-25-9-5-8-22-6-1-3-10-26(22)25)18-28-27-11-4-2-7-23(27)16-17-29(28)39-20-21-12-14-24(15-13-21)32(36)37/h1-18H,19-20H2,(H,36,37)/b30-18+. The highest BCUT2D eigenvalue weighted by Crippen LogP contribution is 2.38. The molecule has 6 rings (SSSR count). The summed E-state index contributed by atoms with van der Waals surface area (Å²) in [4.78, 5) is 39.3. The maximum Gasteiger partial charge on any atom is 0.335 e. The fourth-order valence-corrected chi connectivity index (χ4v) is 5.64. The Hall–Kier alpha value is -4.88. The first-order valence-electron chi connectivity index (χ1n) is 12.7. The number of rotatable bonds is 7. The molecule has 0 spiro atoms. The zero-order chi connectivity index (χ0) is 27.6. The maximum absolute atomic E-state index is 13.5. The summed E-state index contributed by atoms with van der Waals surface area (Å²) in [5.41, 5.74) is 2.62. The molecule has 0 aliphatic carbocycles. The topological polar surface area (TPSA) is 83.9 Å². The summed E-state index contributed by atoms with van der Waals surface area (Å²) < 4.78 is 6.16. The van der Waals surface area contributed by atoms with E-state index in [1.165, 1.54) is 17.0 Å². The number of carboxylic acids is 1. The third-order valence-corrected chi connectivity index (χ3v) is 7.79. The Kier molecular flexibility index (Phi) is 6.80. The molecule has 5 aromatic rings. The molecule has 0 radical (unpaired) electrons. The lowest BCUT2D eigenvalue weighted by atomic mass is 10.0. The van der Waals surface area contributed by atoms with Crippen molar-refractivity contribution in [1.82, 2.24) is 4.90 Å². The van der Waals surface area contributed by atoms with Gasteiger partial charge in [-0.15, -0.1) is 0 Å². The first-order chi connectivity index (χ1) is 19.5. The van der Waals surface area contributed by atoms with Gasteiger partial charge in [-0.3, -0.25) is 14.5 Å². The van der Waals surface area contributed by atoms with Crippen molar-refractivity contribution in [3.8, 4) is 5.75 Å². The zero-order valence-corrected chi connectivity index (χ0v) is 22.1. The van der Waals surface area contributed by atoms with Crippen molar-refractivity contribution < 1.29 is 24.2 Å². The lowest BCUT2D eigenvalue weighted by Gasteiger charge is -2.15. The van der Waals surface area contributed by atoms with E-state index in [-0.39, 0.29) is 29.9 Å². The van der Waals surface area contributed by atoms with Gasteiger partial charge in [-0.25, -0.2) is 4.79 Å². The molecule has 6 nitrogen and oxygen atoms in total. The number of aromatic carboxylic acids is 1. The van der Waals surface area contributed by atoms with Gasteiger partial charge in [0.25, 0.3) is 11.1 Å². The molecule has 1 aliphatic heterocycles. The van der Waals surface area contributed by atoms with Crippen LogP contribution in [0.5, 0.6) is 5.75 Å². The molecule has 0 unspecified atom stereocenters.